The Hall–Kier alpha value is -4.01. The lowest BCUT2D eigenvalue weighted by Crippen LogP contribution is -2.10. The first-order valence-electron chi connectivity index (χ1n) is 8.83. The molecule has 0 radical (unpaired) electrons. The number of hydrogen-bond acceptors (Lipinski definition) is 9. The molecule has 9 nitrogen and oxygen atoms in total. The molecule has 0 saturated heterocycles. The highest BCUT2D eigenvalue weighted by molar-refractivity contribution is 6.10. The van der Waals surface area contributed by atoms with Gasteiger partial charge in [-0.3, -0.25) is 14.4 Å². The van der Waals surface area contributed by atoms with Crippen molar-refractivity contribution in [2.24, 2.45) is 0 Å². The van der Waals surface area contributed by atoms with Crippen molar-refractivity contribution in [3.05, 3.63) is 69.8 Å². The van der Waals surface area contributed by atoms with Crippen molar-refractivity contribution in [1.82, 2.24) is 0 Å². The summed E-state index contributed by atoms with van der Waals surface area (Å²) < 4.78 is 20.0. The summed E-state index contributed by atoms with van der Waals surface area (Å²) in [5.41, 5.74) is 1.33. The average molecular weight is 410 g/mol. The molecule has 0 bridgehead atoms. The fraction of sp³-hybridized carbons (Fsp3) is 0.190. The van der Waals surface area contributed by atoms with Gasteiger partial charge in [0, 0.05) is 36.1 Å². The zero-order chi connectivity index (χ0) is 21.6. The van der Waals surface area contributed by atoms with Gasteiger partial charge < -0.3 is 18.9 Å². The standard InChI is InChI=1S/C21H14O9/c1-9(22)27-20-15-7-11(3-5-13(15)18(25)29-20)17(24)12-4-6-14-16(8-12)21(28-10(2)23)30-19(14)26/h3-8,20-21H,1-2H3. The number of rotatable bonds is 4. The number of ether oxygens (including phenoxy) is 4. The summed E-state index contributed by atoms with van der Waals surface area (Å²) in [5, 5.41) is 0. The van der Waals surface area contributed by atoms with Gasteiger partial charge >= 0.3 is 23.9 Å². The lowest BCUT2D eigenvalue weighted by atomic mass is 9.96. The first-order valence-corrected chi connectivity index (χ1v) is 8.83. The number of cyclic esters (lactones) is 2. The summed E-state index contributed by atoms with van der Waals surface area (Å²) in [7, 11) is 0. The highest BCUT2D eigenvalue weighted by Crippen LogP contribution is 2.35. The van der Waals surface area contributed by atoms with Crippen LogP contribution in [0.2, 0.25) is 0 Å². The highest BCUT2D eigenvalue weighted by Gasteiger charge is 2.36. The Balaban J connectivity index is 1.68. The summed E-state index contributed by atoms with van der Waals surface area (Å²) in [5.74, 6) is -3.03. The van der Waals surface area contributed by atoms with Crippen LogP contribution in [0.1, 0.15) is 74.2 Å². The molecule has 2 aliphatic heterocycles. The first-order chi connectivity index (χ1) is 14.2. The number of fused-ring (bicyclic) bond motifs is 2. The molecule has 0 aliphatic carbocycles. The van der Waals surface area contributed by atoms with E-state index in [0.29, 0.717) is 0 Å². The molecule has 0 fully saturated rings. The van der Waals surface area contributed by atoms with Crippen LogP contribution >= 0.6 is 0 Å². The molecule has 2 unspecified atom stereocenters. The molecule has 0 amide bonds. The van der Waals surface area contributed by atoms with Crippen LogP contribution in [0.4, 0.5) is 0 Å². The molecule has 0 saturated carbocycles. The molecular formula is C21H14O9. The van der Waals surface area contributed by atoms with Crippen molar-refractivity contribution in [3.63, 3.8) is 0 Å². The lowest BCUT2D eigenvalue weighted by molar-refractivity contribution is -0.166. The summed E-state index contributed by atoms with van der Waals surface area (Å²) in [6.45, 7) is 2.35. The number of esters is 4. The first kappa shape index (κ1) is 19.3. The van der Waals surface area contributed by atoms with Crippen molar-refractivity contribution in [2.75, 3.05) is 0 Å². The van der Waals surface area contributed by atoms with Crippen LogP contribution in [-0.2, 0) is 28.5 Å². The summed E-state index contributed by atoms with van der Waals surface area (Å²) in [6, 6.07) is 8.53. The molecule has 0 aromatic heterocycles. The maximum Gasteiger partial charge on any atom is 0.342 e. The van der Waals surface area contributed by atoms with Crippen LogP contribution in [0.3, 0.4) is 0 Å². The van der Waals surface area contributed by atoms with Gasteiger partial charge in [0.15, 0.2) is 5.78 Å². The molecule has 2 atom stereocenters. The summed E-state index contributed by atoms with van der Waals surface area (Å²) >= 11 is 0. The number of carbonyl (C=O) groups excluding carboxylic acids is 5. The van der Waals surface area contributed by atoms with Gasteiger partial charge in [-0.15, -0.1) is 0 Å². The van der Waals surface area contributed by atoms with Crippen molar-refractivity contribution in [2.45, 2.75) is 26.4 Å². The number of ketones is 1. The average Bonchev–Trinajstić information content (AvgIpc) is 3.16. The third kappa shape index (κ3) is 3.30. The van der Waals surface area contributed by atoms with Gasteiger partial charge in [-0.2, -0.15) is 0 Å². The maximum absolute atomic E-state index is 13.0. The van der Waals surface area contributed by atoms with E-state index in [1.54, 1.807) is 0 Å². The van der Waals surface area contributed by atoms with Crippen molar-refractivity contribution in [1.29, 1.82) is 0 Å². The topological polar surface area (TPSA) is 122 Å². The predicted octanol–water partition coefficient (Wildman–Crippen LogP) is 2.38. The Labute approximate surface area is 169 Å². The molecule has 9 heteroatoms. The second kappa shape index (κ2) is 7.11. The van der Waals surface area contributed by atoms with Crippen LogP contribution in [0.5, 0.6) is 0 Å². The van der Waals surface area contributed by atoms with E-state index in [-0.39, 0.29) is 33.4 Å². The van der Waals surface area contributed by atoms with E-state index in [1.807, 2.05) is 0 Å². The van der Waals surface area contributed by atoms with Gasteiger partial charge in [0.05, 0.1) is 11.1 Å². The van der Waals surface area contributed by atoms with E-state index in [9.17, 15) is 24.0 Å². The minimum Gasteiger partial charge on any atom is -0.421 e. The number of benzene rings is 2. The van der Waals surface area contributed by atoms with Crippen LogP contribution < -0.4 is 0 Å². The Morgan fingerprint density at radius 2 is 1.13 bits per heavy atom. The predicted molar refractivity (Wildman–Crippen MR) is 96.2 cm³/mol. The zero-order valence-electron chi connectivity index (χ0n) is 15.8. The third-order valence-corrected chi connectivity index (χ3v) is 4.55. The van der Waals surface area contributed by atoms with Crippen LogP contribution in [0.15, 0.2) is 36.4 Å². The van der Waals surface area contributed by atoms with Gasteiger partial charge in [-0.25, -0.2) is 9.59 Å². The van der Waals surface area contributed by atoms with Crippen LogP contribution in [0, 0.1) is 0 Å². The zero-order valence-corrected chi connectivity index (χ0v) is 15.8. The van der Waals surface area contributed by atoms with E-state index in [1.165, 1.54) is 50.2 Å². The molecule has 0 spiro atoms. The quantitative estimate of drug-likeness (QED) is 0.552. The van der Waals surface area contributed by atoms with E-state index < -0.39 is 42.2 Å². The lowest BCUT2D eigenvalue weighted by Gasteiger charge is -2.12. The Kier molecular flexibility index (Phi) is 4.57. The molecule has 2 aromatic carbocycles. The minimum absolute atomic E-state index is 0.195. The monoisotopic (exact) mass is 410 g/mol. The second-order valence-corrected chi connectivity index (χ2v) is 6.63. The summed E-state index contributed by atoms with van der Waals surface area (Å²) in [4.78, 5) is 59.3. The molecule has 2 aromatic rings. The largest absolute Gasteiger partial charge is 0.421 e. The normalized spacial score (nSPS) is 18.7. The molecule has 152 valence electrons. The van der Waals surface area contributed by atoms with Gasteiger partial charge in [-0.05, 0) is 24.3 Å². The Bertz CT molecular complexity index is 1040. The second-order valence-electron chi connectivity index (χ2n) is 6.63. The fourth-order valence-corrected chi connectivity index (χ4v) is 3.26. The van der Waals surface area contributed by atoms with Gasteiger partial charge in [0.25, 0.3) is 12.6 Å². The molecule has 2 aliphatic rings. The summed E-state index contributed by atoms with van der Waals surface area (Å²) in [6.07, 6.45) is -2.45. The van der Waals surface area contributed by atoms with Gasteiger partial charge in [0.2, 0.25) is 0 Å². The van der Waals surface area contributed by atoms with Crippen LogP contribution in [-0.4, -0.2) is 29.7 Å². The van der Waals surface area contributed by atoms with E-state index in [4.69, 9.17) is 18.9 Å². The number of hydrogen-bond donors (Lipinski definition) is 0. The van der Waals surface area contributed by atoms with E-state index in [0.717, 1.165) is 0 Å². The van der Waals surface area contributed by atoms with Gasteiger partial charge in [0.1, 0.15) is 0 Å². The molecule has 30 heavy (non-hydrogen) atoms. The Morgan fingerprint density at radius 1 is 0.733 bits per heavy atom. The van der Waals surface area contributed by atoms with E-state index >= 15 is 0 Å². The van der Waals surface area contributed by atoms with Crippen molar-refractivity contribution in [3.8, 4) is 0 Å². The smallest absolute Gasteiger partial charge is 0.342 e. The van der Waals surface area contributed by atoms with E-state index in [2.05, 4.69) is 0 Å². The SMILES string of the molecule is CC(=O)OC1OC(=O)c2ccc(C(=O)c3ccc4c(c3)C(OC(C)=O)OC4=O)cc21. The van der Waals surface area contributed by atoms with Crippen molar-refractivity contribution < 1.29 is 42.9 Å². The Morgan fingerprint density at radius 3 is 1.50 bits per heavy atom. The molecule has 4 rings (SSSR count). The molecular weight excluding hydrogens is 396 g/mol. The molecule has 2 heterocycles. The highest BCUT2D eigenvalue weighted by atomic mass is 16.7. The molecule has 0 N–H and O–H groups in total. The van der Waals surface area contributed by atoms with Crippen LogP contribution in [0.25, 0.3) is 0 Å². The fourth-order valence-electron chi connectivity index (χ4n) is 3.26. The van der Waals surface area contributed by atoms with Crippen molar-refractivity contribution >= 4 is 29.7 Å². The number of carbonyl (C=O) groups is 5. The van der Waals surface area contributed by atoms with Gasteiger partial charge in [-0.1, -0.05) is 12.1 Å². The third-order valence-electron chi connectivity index (χ3n) is 4.55. The maximum atomic E-state index is 13.0. The minimum atomic E-state index is -1.22.